The van der Waals surface area contributed by atoms with Gasteiger partial charge in [0.25, 0.3) is 0 Å². The van der Waals surface area contributed by atoms with Crippen LogP contribution in [0.4, 0.5) is 13.2 Å². The van der Waals surface area contributed by atoms with Gasteiger partial charge in [0.15, 0.2) is 0 Å². The van der Waals surface area contributed by atoms with Crippen molar-refractivity contribution in [3.63, 3.8) is 0 Å². The largest absolute Gasteiger partial charge is 0.405 e. The van der Waals surface area contributed by atoms with E-state index in [1.165, 1.54) is 18.9 Å². The topological polar surface area (TPSA) is 38.5 Å². The lowest BCUT2D eigenvalue weighted by atomic mass is 10.1. The molecule has 0 amide bonds. The van der Waals surface area contributed by atoms with E-state index in [-0.39, 0.29) is 19.3 Å². The molecule has 0 rings (SSSR count). The van der Waals surface area contributed by atoms with Gasteiger partial charge in [-0.1, -0.05) is 0 Å². The lowest BCUT2D eigenvalue weighted by molar-refractivity contribution is -0.186. The molecule has 0 aromatic heterocycles. The number of ether oxygens (including phenoxy) is 1. The van der Waals surface area contributed by atoms with Crippen LogP contribution in [0, 0.1) is 0 Å². The smallest absolute Gasteiger partial charge is 0.377 e. The highest BCUT2D eigenvalue weighted by molar-refractivity contribution is 4.84. The highest BCUT2D eigenvalue weighted by atomic mass is 19.4. The maximum Gasteiger partial charge on any atom is 0.405 e. The van der Waals surface area contributed by atoms with Crippen molar-refractivity contribution in [1.29, 1.82) is 0 Å². The van der Waals surface area contributed by atoms with Gasteiger partial charge in [0.1, 0.15) is 6.04 Å². The van der Waals surface area contributed by atoms with Gasteiger partial charge in [-0.15, -0.1) is 0 Å². The first-order chi connectivity index (χ1) is 7.16. The summed E-state index contributed by atoms with van der Waals surface area (Å²) in [6.45, 7) is 5.52. The van der Waals surface area contributed by atoms with E-state index in [1.54, 1.807) is 0 Å². The van der Waals surface area contributed by atoms with Crippen molar-refractivity contribution >= 4 is 0 Å². The molecular formula is C10H21F3N2O. The van der Waals surface area contributed by atoms with Crippen molar-refractivity contribution in [2.45, 2.75) is 45.1 Å². The minimum Gasteiger partial charge on any atom is -0.377 e. The van der Waals surface area contributed by atoms with E-state index in [0.717, 1.165) is 0 Å². The number of nitrogens with zero attached hydrogens (tertiary/aromatic N) is 1. The van der Waals surface area contributed by atoms with E-state index in [4.69, 9.17) is 10.5 Å². The van der Waals surface area contributed by atoms with Gasteiger partial charge in [0.05, 0.1) is 12.7 Å². The zero-order valence-corrected chi connectivity index (χ0v) is 10.2. The van der Waals surface area contributed by atoms with Gasteiger partial charge in [-0.25, -0.2) is 0 Å². The summed E-state index contributed by atoms with van der Waals surface area (Å²) in [5.41, 5.74) is 5.35. The van der Waals surface area contributed by atoms with Crippen molar-refractivity contribution in [3.05, 3.63) is 0 Å². The van der Waals surface area contributed by atoms with Crippen LogP contribution in [0.2, 0.25) is 0 Å². The molecule has 0 aliphatic rings. The van der Waals surface area contributed by atoms with Gasteiger partial charge in [-0.05, 0) is 27.8 Å². The minimum atomic E-state index is -4.30. The van der Waals surface area contributed by atoms with Crippen LogP contribution < -0.4 is 5.73 Å². The summed E-state index contributed by atoms with van der Waals surface area (Å²) in [4.78, 5) is 1.19. The van der Waals surface area contributed by atoms with Crippen LogP contribution in [-0.2, 0) is 4.74 Å². The Morgan fingerprint density at radius 2 is 1.75 bits per heavy atom. The Morgan fingerprint density at radius 3 is 2.06 bits per heavy atom. The number of nitrogens with two attached hydrogens (primary N) is 1. The summed E-state index contributed by atoms with van der Waals surface area (Å²) < 4.78 is 43.1. The van der Waals surface area contributed by atoms with Gasteiger partial charge in [-0.2, -0.15) is 13.2 Å². The Bertz CT molecular complexity index is 195. The molecular weight excluding hydrogens is 221 g/mol. The Hall–Kier alpha value is -0.330. The Balaban J connectivity index is 4.24. The average Bonchev–Trinajstić information content (AvgIpc) is 1.98. The lowest BCUT2D eigenvalue weighted by Gasteiger charge is -2.32. The Labute approximate surface area is 94.7 Å². The molecule has 2 N–H and O–H groups in total. The SMILES string of the molecule is CC(C)OCCN(C)C(C(C)N)C(F)(F)F. The molecule has 0 fully saturated rings. The molecule has 6 heteroatoms. The molecule has 0 saturated carbocycles. The summed E-state index contributed by atoms with van der Waals surface area (Å²) in [6, 6.07) is -2.58. The summed E-state index contributed by atoms with van der Waals surface area (Å²) in [7, 11) is 1.41. The third-order valence-corrected chi connectivity index (χ3v) is 2.20. The number of likely N-dealkylation sites (N-methyl/N-ethyl adjacent to an activating group) is 1. The molecule has 3 nitrogen and oxygen atoms in total. The fourth-order valence-corrected chi connectivity index (χ4v) is 1.52. The van der Waals surface area contributed by atoms with E-state index in [1.807, 2.05) is 13.8 Å². The van der Waals surface area contributed by atoms with E-state index in [2.05, 4.69) is 0 Å². The summed E-state index contributed by atoms with van der Waals surface area (Å²) in [5, 5.41) is 0. The van der Waals surface area contributed by atoms with E-state index < -0.39 is 18.3 Å². The minimum absolute atomic E-state index is 0.0213. The molecule has 0 saturated heterocycles. The molecule has 0 aromatic carbocycles. The third kappa shape index (κ3) is 5.67. The first-order valence-corrected chi connectivity index (χ1v) is 5.30. The highest BCUT2D eigenvalue weighted by Crippen LogP contribution is 2.25. The summed E-state index contributed by atoms with van der Waals surface area (Å²) >= 11 is 0. The summed E-state index contributed by atoms with van der Waals surface area (Å²) in [5.74, 6) is 0. The molecule has 0 aromatic rings. The molecule has 0 spiro atoms. The average molecular weight is 242 g/mol. The zero-order chi connectivity index (χ0) is 12.9. The van der Waals surface area contributed by atoms with Gasteiger partial charge in [0.2, 0.25) is 0 Å². The molecule has 2 unspecified atom stereocenters. The fourth-order valence-electron chi connectivity index (χ4n) is 1.52. The molecule has 0 heterocycles. The molecule has 2 atom stereocenters. The second-order valence-corrected chi connectivity index (χ2v) is 4.25. The van der Waals surface area contributed by atoms with Crippen LogP contribution in [0.1, 0.15) is 20.8 Å². The van der Waals surface area contributed by atoms with Crippen molar-refractivity contribution in [2.75, 3.05) is 20.2 Å². The monoisotopic (exact) mass is 242 g/mol. The van der Waals surface area contributed by atoms with Crippen LogP contribution in [0.5, 0.6) is 0 Å². The predicted octanol–water partition coefficient (Wildman–Crippen LogP) is 1.62. The van der Waals surface area contributed by atoms with Gasteiger partial charge in [-0.3, -0.25) is 4.90 Å². The normalized spacial score (nSPS) is 16.9. The first-order valence-electron chi connectivity index (χ1n) is 5.30. The van der Waals surface area contributed by atoms with Crippen molar-refractivity contribution in [2.24, 2.45) is 5.73 Å². The van der Waals surface area contributed by atoms with Crippen LogP contribution in [0.15, 0.2) is 0 Å². The van der Waals surface area contributed by atoms with Crippen molar-refractivity contribution < 1.29 is 17.9 Å². The molecule has 16 heavy (non-hydrogen) atoms. The Kier molecular flexibility index (Phi) is 6.28. The maximum atomic E-state index is 12.6. The molecule has 98 valence electrons. The van der Waals surface area contributed by atoms with E-state index in [0.29, 0.717) is 0 Å². The lowest BCUT2D eigenvalue weighted by Crippen LogP contribution is -2.54. The predicted molar refractivity (Wildman–Crippen MR) is 57.2 cm³/mol. The third-order valence-electron chi connectivity index (χ3n) is 2.20. The van der Waals surface area contributed by atoms with Gasteiger partial charge >= 0.3 is 6.18 Å². The van der Waals surface area contributed by atoms with Gasteiger partial charge < -0.3 is 10.5 Å². The van der Waals surface area contributed by atoms with E-state index in [9.17, 15) is 13.2 Å². The second-order valence-electron chi connectivity index (χ2n) is 4.25. The van der Waals surface area contributed by atoms with Crippen molar-refractivity contribution in [3.8, 4) is 0 Å². The maximum absolute atomic E-state index is 12.6. The van der Waals surface area contributed by atoms with E-state index >= 15 is 0 Å². The van der Waals surface area contributed by atoms with Crippen LogP contribution in [-0.4, -0.2) is 49.5 Å². The number of hydrogen-bond donors (Lipinski definition) is 1. The molecule has 0 aliphatic carbocycles. The van der Waals surface area contributed by atoms with Crippen molar-refractivity contribution in [1.82, 2.24) is 4.90 Å². The number of hydrogen-bond acceptors (Lipinski definition) is 3. The van der Waals surface area contributed by atoms with Crippen LogP contribution in [0.25, 0.3) is 0 Å². The number of alkyl halides is 3. The Morgan fingerprint density at radius 1 is 1.25 bits per heavy atom. The van der Waals surface area contributed by atoms with Crippen LogP contribution >= 0.6 is 0 Å². The highest BCUT2D eigenvalue weighted by Gasteiger charge is 2.44. The molecule has 0 bridgehead atoms. The number of rotatable bonds is 6. The quantitative estimate of drug-likeness (QED) is 0.769. The van der Waals surface area contributed by atoms with Crippen LogP contribution in [0.3, 0.4) is 0 Å². The second kappa shape index (κ2) is 6.42. The fraction of sp³-hybridized carbons (Fsp3) is 1.00. The van der Waals surface area contributed by atoms with Gasteiger partial charge in [0, 0.05) is 12.6 Å². The molecule has 0 aliphatic heterocycles. The number of halogens is 3. The molecule has 0 radical (unpaired) electrons. The standard InChI is InChI=1S/C10H21F3N2O/c1-7(2)16-6-5-15(4)9(8(3)14)10(11,12)13/h7-9H,5-6,14H2,1-4H3. The first kappa shape index (κ1) is 15.7. The zero-order valence-electron chi connectivity index (χ0n) is 10.2. The summed E-state index contributed by atoms with van der Waals surface area (Å²) in [6.07, 6.45) is -4.28.